The van der Waals surface area contributed by atoms with E-state index in [0.717, 1.165) is 17.0 Å². The van der Waals surface area contributed by atoms with Crippen molar-refractivity contribution in [3.8, 4) is 5.75 Å². The molecule has 0 aliphatic rings. The van der Waals surface area contributed by atoms with Crippen LogP contribution in [0.4, 0.5) is 0 Å². The highest BCUT2D eigenvalue weighted by Crippen LogP contribution is 2.21. The molecule has 2 aromatic rings. The van der Waals surface area contributed by atoms with E-state index in [1.165, 1.54) is 0 Å². The van der Waals surface area contributed by atoms with Crippen molar-refractivity contribution >= 4 is 0 Å². The van der Waals surface area contributed by atoms with Crippen LogP contribution in [0.3, 0.4) is 0 Å². The normalized spacial score (nSPS) is 13.8. The van der Waals surface area contributed by atoms with Crippen molar-refractivity contribution in [2.24, 2.45) is 0 Å². The Morgan fingerprint density at radius 3 is 2.85 bits per heavy atom. The average molecular weight is 273 g/mol. The molecule has 0 spiro atoms. The molecule has 1 aromatic carbocycles. The van der Waals surface area contributed by atoms with Gasteiger partial charge in [-0.2, -0.15) is 0 Å². The van der Waals surface area contributed by atoms with Crippen molar-refractivity contribution in [1.82, 2.24) is 15.3 Å². The molecular formula is C15H19N3O2. The van der Waals surface area contributed by atoms with Crippen LogP contribution in [-0.2, 0) is 0 Å². The van der Waals surface area contributed by atoms with Gasteiger partial charge < -0.3 is 9.84 Å². The van der Waals surface area contributed by atoms with Gasteiger partial charge in [-0.1, -0.05) is 12.1 Å². The third-order valence-electron chi connectivity index (χ3n) is 3.16. The number of nitrogens with zero attached hydrogens (tertiary/aromatic N) is 2. The highest BCUT2D eigenvalue weighted by molar-refractivity contribution is 5.30. The van der Waals surface area contributed by atoms with E-state index in [4.69, 9.17) is 4.74 Å². The fraction of sp³-hybridized carbons (Fsp3) is 0.333. The van der Waals surface area contributed by atoms with Gasteiger partial charge in [0, 0.05) is 24.6 Å². The summed E-state index contributed by atoms with van der Waals surface area (Å²) < 4.78 is 5.21. The summed E-state index contributed by atoms with van der Waals surface area (Å²) in [6.45, 7) is 1.99. The largest absolute Gasteiger partial charge is 0.497 e. The molecule has 1 aromatic heterocycles. The molecular weight excluding hydrogens is 254 g/mol. The summed E-state index contributed by atoms with van der Waals surface area (Å²) in [5.41, 5.74) is 1.82. The number of aliphatic hydroxyl groups excluding tert-OH is 1. The summed E-state index contributed by atoms with van der Waals surface area (Å²) in [6, 6.07) is 7.47. The van der Waals surface area contributed by atoms with E-state index in [1.54, 1.807) is 25.7 Å². The van der Waals surface area contributed by atoms with Gasteiger partial charge in [-0.25, -0.2) is 0 Å². The monoisotopic (exact) mass is 273 g/mol. The minimum Gasteiger partial charge on any atom is -0.497 e. The minimum absolute atomic E-state index is 0.00221. The number of aliphatic hydroxyl groups is 1. The van der Waals surface area contributed by atoms with Gasteiger partial charge >= 0.3 is 0 Å². The molecule has 0 saturated heterocycles. The first-order chi connectivity index (χ1) is 9.74. The number of methoxy groups -OCH3 is 1. The van der Waals surface area contributed by atoms with Crippen LogP contribution < -0.4 is 10.1 Å². The van der Waals surface area contributed by atoms with Gasteiger partial charge in [0.25, 0.3) is 0 Å². The predicted molar refractivity (Wildman–Crippen MR) is 76.4 cm³/mol. The fourth-order valence-electron chi connectivity index (χ4n) is 2.03. The maximum absolute atomic E-state index is 9.60. The van der Waals surface area contributed by atoms with Crippen LogP contribution in [0.2, 0.25) is 0 Å². The first kappa shape index (κ1) is 14.4. The smallest absolute Gasteiger partial charge is 0.119 e. The first-order valence-corrected chi connectivity index (χ1v) is 6.51. The number of hydrogen-bond acceptors (Lipinski definition) is 5. The minimum atomic E-state index is -0.179. The fourth-order valence-corrected chi connectivity index (χ4v) is 2.03. The number of ether oxygens (including phenoxy) is 1. The number of hydrogen-bond donors (Lipinski definition) is 2. The molecule has 2 rings (SSSR count). The Morgan fingerprint density at radius 2 is 2.20 bits per heavy atom. The van der Waals surface area contributed by atoms with Crippen LogP contribution in [0.1, 0.15) is 30.3 Å². The zero-order valence-corrected chi connectivity index (χ0v) is 11.7. The topological polar surface area (TPSA) is 67.3 Å². The van der Waals surface area contributed by atoms with Crippen LogP contribution in [0.25, 0.3) is 0 Å². The molecule has 0 aliphatic heterocycles. The van der Waals surface area contributed by atoms with Crippen LogP contribution in [0.15, 0.2) is 42.9 Å². The summed E-state index contributed by atoms with van der Waals surface area (Å²) in [7, 11) is 1.63. The Morgan fingerprint density at radius 1 is 1.35 bits per heavy atom. The molecule has 0 fully saturated rings. The van der Waals surface area contributed by atoms with Crippen LogP contribution in [0, 0.1) is 0 Å². The number of benzene rings is 1. The zero-order valence-electron chi connectivity index (χ0n) is 11.7. The molecule has 0 aliphatic carbocycles. The summed E-state index contributed by atoms with van der Waals surface area (Å²) in [5, 5.41) is 12.9. The molecule has 0 amide bonds. The van der Waals surface area contributed by atoms with Gasteiger partial charge in [-0.3, -0.25) is 15.3 Å². The number of nitrogens with one attached hydrogen (secondary N) is 1. The molecule has 2 atom stereocenters. The van der Waals surface area contributed by atoms with Crippen molar-refractivity contribution in [1.29, 1.82) is 0 Å². The van der Waals surface area contributed by atoms with E-state index in [2.05, 4.69) is 15.3 Å². The van der Waals surface area contributed by atoms with E-state index in [1.807, 2.05) is 31.2 Å². The van der Waals surface area contributed by atoms with Crippen molar-refractivity contribution in [3.63, 3.8) is 0 Å². The van der Waals surface area contributed by atoms with Gasteiger partial charge in [0.2, 0.25) is 0 Å². The van der Waals surface area contributed by atoms with Crippen LogP contribution in [0.5, 0.6) is 5.75 Å². The number of rotatable bonds is 6. The Hall–Kier alpha value is -1.98. The van der Waals surface area contributed by atoms with E-state index in [9.17, 15) is 5.11 Å². The molecule has 5 nitrogen and oxygen atoms in total. The predicted octanol–water partition coefficient (Wildman–Crippen LogP) is 1.87. The summed E-state index contributed by atoms with van der Waals surface area (Å²) in [4.78, 5) is 8.32. The summed E-state index contributed by atoms with van der Waals surface area (Å²) >= 11 is 0. The second kappa shape index (κ2) is 6.98. The maximum atomic E-state index is 9.60. The summed E-state index contributed by atoms with van der Waals surface area (Å²) in [6.07, 6.45) is 5.02. The Kier molecular flexibility index (Phi) is 5.03. The molecule has 0 radical (unpaired) electrons. The Labute approximate surface area is 118 Å². The highest BCUT2D eigenvalue weighted by atomic mass is 16.5. The van der Waals surface area contributed by atoms with Gasteiger partial charge in [-0.05, 0) is 24.6 Å². The van der Waals surface area contributed by atoms with Crippen molar-refractivity contribution in [2.45, 2.75) is 19.0 Å². The van der Waals surface area contributed by atoms with Crippen LogP contribution >= 0.6 is 0 Å². The first-order valence-electron chi connectivity index (χ1n) is 6.51. The lowest BCUT2D eigenvalue weighted by Crippen LogP contribution is -2.27. The average Bonchev–Trinajstić information content (AvgIpc) is 2.53. The molecule has 5 heteroatoms. The van der Waals surface area contributed by atoms with Crippen LogP contribution in [-0.4, -0.2) is 28.8 Å². The lowest BCUT2D eigenvalue weighted by Gasteiger charge is -2.22. The third kappa shape index (κ3) is 3.53. The third-order valence-corrected chi connectivity index (χ3v) is 3.16. The van der Waals surface area contributed by atoms with Gasteiger partial charge in [-0.15, -0.1) is 0 Å². The lowest BCUT2D eigenvalue weighted by atomic mass is 10.1. The molecule has 20 heavy (non-hydrogen) atoms. The van der Waals surface area contributed by atoms with Crippen molar-refractivity contribution in [2.75, 3.05) is 13.7 Å². The molecule has 2 unspecified atom stereocenters. The maximum Gasteiger partial charge on any atom is 0.119 e. The van der Waals surface area contributed by atoms with Gasteiger partial charge in [0.15, 0.2) is 0 Å². The van der Waals surface area contributed by atoms with E-state index >= 15 is 0 Å². The Bertz CT molecular complexity index is 534. The quantitative estimate of drug-likeness (QED) is 0.841. The second-order valence-electron chi connectivity index (χ2n) is 4.53. The SMILES string of the molecule is COc1cccc(C(CO)NC(C)c2cnccn2)c1. The standard InChI is InChI=1S/C15H19N3O2/c1-11(14-9-16-6-7-17-14)18-15(10-19)12-4-3-5-13(8-12)20-2/h3-9,11,15,18-19H,10H2,1-2H3. The highest BCUT2D eigenvalue weighted by Gasteiger charge is 2.16. The molecule has 1 heterocycles. The Balaban J connectivity index is 2.12. The molecule has 2 N–H and O–H groups in total. The van der Waals surface area contributed by atoms with E-state index < -0.39 is 0 Å². The lowest BCUT2D eigenvalue weighted by molar-refractivity contribution is 0.234. The summed E-state index contributed by atoms with van der Waals surface area (Å²) in [5.74, 6) is 0.773. The molecule has 106 valence electrons. The number of aromatic nitrogens is 2. The van der Waals surface area contributed by atoms with Gasteiger partial charge in [0.1, 0.15) is 5.75 Å². The molecule has 0 saturated carbocycles. The van der Waals surface area contributed by atoms with E-state index in [-0.39, 0.29) is 18.7 Å². The van der Waals surface area contributed by atoms with Crippen molar-refractivity contribution < 1.29 is 9.84 Å². The van der Waals surface area contributed by atoms with E-state index in [0.29, 0.717) is 0 Å². The molecule has 0 bridgehead atoms. The zero-order chi connectivity index (χ0) is 14.4. The van der Waals surface area contributed by atoms with Gasteiger partial charge in [0.05, 0.1) is 25.5 Å². The van der Waals surface area contributed by atoms with Crippen molar-refractivity contribution in [3.05, 3.63) is 54.1 Å². The second-order valence-corrected chi connectivity index (χ2v) is 4.53.